The molecule has 4 rings (SSSR count). The molecule has 1 aromatic heterocycles. The number of fused-ring (bicyclic) bond motifs is 1. The Morgan fingerprint density at radius 3 is 2.57 bits per heavy atom. The van der Waals surface area contributed by atoms with Gasteiger partial charge < -0.3 is 15.8 Å². The number of nitrogens with one attached hydrogen (secondary N) is 2. The zero-order chi connectivity index (χ0) is 25.3. The number of hydrogen-bond acceptors (Lipinski definition) is 6. The maximum Gasteiger partial charge on any atom is 0.404 e. The number of carbonyl (C=O) groups excluding carboxylic acids is 3. The van der Waals surface area contributed by atoms with Gasteiger partial charge in [0.1, 0.15) is 6.10 Å². The van der Waals surface area contributed by atoms with E-state index in [4.69, 9.17) is 10.5 Å². The highest BCUT2D eigenvalue weighted by Gasteiger charge is 2.37. The first kappa shape index (κ1) is 25.0. The molecule has 0 radical (unpaired) electrons. The number of anilines is 1. The number of aromatic nitrogens is 2. The molecule has 1 saturated heterocycles. The molecule has 190 valence electrons. The first-order valence-electron chi connectivity index (χ1n) is 12.5. The molecule has 9 nitrogen and oxygen atoms in total. The molecule has 1 saturated carbocycles. The van der Waals surface area contributed by atoms with Crippen LogP contribution in [0.1, 0.15) is 70.9 Å². The molecule has 35 heavy (non-hydrogen) atoms. The number of nitrogens with two attached hydrogens (primary N) is 1. The summed E-state index contributed by atoms with van der Waals surface area (Å²) in [6.07, 6.45) is 4.12. The fraction of sp³-hybridized carbons (Fsp3) is 0.615. The number of piperidine rings is 1. The number of nitrogens with zero attached hydrogens (tertiary/aromatic N) is 2. The van der Waals surface area contributed by atoms with Crippen LogP contribution in [0, 0.1) is 17.3 Å². The standard InChI is InChI=1S/C26H37N5O4/c1-26(2,3)23(35-25(27)34)16-7-5-15(6-8-16)14-28-17-9-10-18-20(13-17)31(4)30-22(18)19-11-12-21(32)29-24(19)33/h9-10,13,15-16,19,23,28H,5-8,11-12,14H2,1-4H3,(H2,27,34)(H,29,32,33)/t15?,16?,19-,23-/m0/s1. The number of rotatable bonds is 6. The van der Waals surface area contributed by atoms with Gasteiger partial charge in [-0.15, -0.1) is 0 Å². The normalized spacial score (nSPS) is 24.2. The van der Waals surface area contributed by atoms with Crippen LogP contribution in [0.2, 0.25) is 0 Å². The number of carbonyl (C=O) groups is 3. The largest absolute Gasteiger partial charge is 0.446 e. The van der Waals surface area contributed by atoms with Gasteiger partial charge in [-0.2, -0.15) is 5.10 Å². The molecule has 2 aliphatic rings. The number of benzene rings is 1. The number of ether oxygens (including phenoxy) is 1. The molecule has 3 amide bonds. The van der Waals surface area contributed by atoms with E-state index in [-0.39, 0.29) is 23.3 Å². The summed E-state index contributed by atoms with van der Waals surface area (Å²) in [6, 6.07) is 6.11. The summed E-state index contributed by atoms with van der Waals surface area (Å²) in [5.41, 5.74) is 7.88. The predicted octanol–water partition coefficient (Wildman–Crippen LogP) is 3.82. The zero-order valence-corrected chi connectivity index (χ0v) is 21.1. The van der Waals surface area contributed by atoms with E-state index in [9.17, 15) is 14.4 Å². The summed E-state index contributed by atoms with van der Waals surface area (Å²) in [7, 11) is 1.88. The molecule has 9 heteroatoms. The molecule has 0 unspecified atom stereocenters. The van der Waals surface area contributed by atoms with E-state index in [0.717, 1.165) is 54.5 Å². The van der Waals surface area contributed by atoms with Gasteiger partial charge >= 0.3 is 6.09 Å². The minimum absolute atomic E-state index is 0.143. The monoisotopic (exact) mass is 483 g/mol. The van der Waals surface area contributed by atoms with Crippen molar-refractivity contribution in [1.82, 2.24) is 15.1 Å². The highest BCUT2D eigenvalue weighted by atomic mass is 16.6. The summed E-state index contributed by atoms with van der Waals surface area (Å²) in [5.74, 6) is -0.0202. The second-order valence-electron chi connectivity index (χ2n) is 11.1. The van der Waals surface area contributed by atoms with Crippen LogP contribution in [0.15, 0.2) is 18.2 Å². The van der Waals surface area contributed by atoms with Crippen molar-refractivity contribution in [2.45, 2.75) is 71.3 Å². The molecule has 2 aromatic rings. The van der Waals surface area contributed by atoms with Gasteiger partial charge in [0.25, 0.3) is 0 Å². The second-order valence-corrected chi connectivity index (χ2v) is 11.1. The van der Waals surface area contributed by atoms with Crippen LogP contribution < -0.4 is 16.4 Å². The van der Waals surface area contributed by atoms with Gasteiger partial charge in [-0.25, -0.2) is 4.79 Å². The van der Waals surface area contributed by atoms with E-state index in [1.807, 2.05) is 19.2 Å². The van der Waals surface area contributed by atoms with Crippen molar-refractivity contribution < 1.29 is 19.1 Å². The van der Waals surface area contributed by atoms with Crippen LogP contribution in [0.4, 0.5) is 10.5 Å². The summed E-state index contributed by atoms with van der Waals surface area (Å²) < 4.78 is 7.30. The fourth-order valence-corrected chi connectivity index (χ4v) is 5.67. The van der Waals surface area contributed by atoms with Gasteiger partial charge in [-0.1, -0.05) is 20.8 Å². The van der Waals surface area contributed by atoms with Crippen molar-refractivity contribution >= 4 is 34.5 Å². The Morgan fingerprint density at radius 1 is 1.23 bits per heavy atom. The maximum absolute atomic E-state index is 12.4. The first-order valence-corrected chi connectivity index (χ1v) is 12.5. The third kappa shape index (κ3) is 5.60. The second kappa shape index (κ2) is 9.87. The third-order valence-electron chi connectivity index (χ3n) is 7.46. The van der Waals surface area contributed by atoms with E-state index in [1.54, 1.807) is 4.68 Å². The molecule has 1 aliphatic carbocycles. The van der Waals surface area contributed by atoms with Crippen molar-refractivity contribution in [1.29, 1.82) is 0 Å². The molecule has 4 N–H and O–H groups in total. The summed E-state index contributed by atoms with van der Waals surface area (Å²) >= 11 is 0. The van der Waals surface area contributed by atoms with Crippen molar-refractivity contribution in [2.24, 2.45) is 30.0 Å². The lowest BCUT2D eigenvalue weighted by Gasteiger charge is -2.39. The highest BCUT2D eigenvalue weighted by molar-refractivity contribution is 6.02. The number of imide groups is 1. The van der Waals surface area contributed by atoms with E-state index in [2.05, 4.69) is 42.6 Å². The van der Waals surface area contributed by atoms with Crippen molar-refractivity contribution in [3.05, 3.63) is 23.9 Å². The highest BCUT2D eigenvalue weighted by Crippen LogP contribution is 2.39. The Kier molecular flexibility index (Phi) is 7.05. The fourth-order valence-electron chi connectivity index (χ4n) is 5.67. The van der Waals surface area contributed by atoms with Gasteiger partial charge in [-0.05, 0) is 67.6 Å². The van der Waals surface area contributed by atoms with Crippen LogP contribution in [0.25, 0.3) is 10.9 Å². The number of hydrogen-bond donors (Lipinski definition) is 3. The minimum atomic E-state index is -0.694. The number of aryl methyl sites for hydroxylation is 1. The molecule has 1 aromatic carbocycles. The van der Waals surface area contributed by atoms with Crippen LogP contribution >= 0.6 is 0 Å². The van der Waals surface area contributed by atoms with E-state index >= 15 is 0 Å². The van der Waals surface area contributed by atoms with Crippen LogP contribution in [-0.2, 0) is 21.4 Å². The molecular formula is C26H37N5O4. The molecule has 1 aliphatic heterocycles. The maximum atomic E-state index is 12.4. The quantitative estimate of drug-likeness (QED) is 0.536. The Morgan fingerprint density at radius 2 is 1.94 bits per heavy atom. The minimum Gasteiger partial charge on any atom is -0.446 e. The lowest BCUT2D eigenvalue weighted by atomic mass is 9.72. The van der Waals surface area contributed by atoms with Crippen molar-refractivity contribution in [3.63, 3.8) is 0 Å². The topological polar surface area (TPSA) is 128 Å². The smallest absolute Gasteiger partial charge is 0.404 e. The Labute approximate surface area is 206 Å². The Balaban J connectivity index is 1.37. The van der Waals surface area contributed by atoms with Crippen LogP contribution in [0.5, 0.6) is 0 Å². The van der Waals surface area contributed by atoms with Gasteiger partial charge in [-0.3, -0.25) is 19.6 Å². The number of amides is 3. The van der Waals surface area contributed by atoms with Crippen molar-refractivity contribution in [2.75, 3.05) is 11.9 Å². The third-order valence-corrected chi connectivity index (χ3v) is 7.46. The SMILES string of the molecule is Cn1nc([C@@H]2CCC(=O)NC2=O)c2ccc(NCC3CCC([C@H](OC(N)=O)C(C)(C)C)CC3)cc21. The predicted molar refractivity (Wildman–Crippen MR) is 134 cm³/mol. The van der Waals surface area contributed by atoms with E-state index in [0.29, 0.717) is 24.7 Å². The van der Waals surface area contributed by atoms with Gasteiger partial charge in [0.05, 0.1) is 17.1 Å². The molecule has 2 fully saturated rings. The molecular weight excluding hydrogens is 446 g/mol. The Hall–Kier alpha value is -3.10. The summed E-state index contributed by atoms with van der Waals surface area (Å²) in [4.78, 5) is 35.3. The Bertz CT molecular complexity index is 1110. The average Bonchev–Trinajstić information content (AvgIpc) is 3.11. The lowest BCUT2D eigenvalue weighted by Crippen LogP contribution is -2.41. The molecule has 2 heterocycles. The molecule has 0 spiro atoms. The first-order chi connectivity index (χ1) is 16.5. The lowest BCUT2D eigenvalue weighted by molar-refractivity contribution is -0.134. The molecule has 2 atom stereocenters. The van der Waals surface area contributed by atoms with E-state index in [1.165, 1.54) is 0 Å². The zero-order valence-electron chi connectivity index (χ0n) is 21.1. The molecule has 0 bridgehead atoms. The average molecular weight is 484 g/mol. The summed E-state index contributed by atoms with van der Waals surface area (Å²) in [6.45, 7) is 7.14. The van der Waals surface area contributed by atoms with E-state index < -0.39 is 12.0 Å². The van der Waals surface area contributed by atoms with Gasteiger partial charge in [0.2, 0.25) is 11.8 Å². The van der Waals surface area contributed by atoms with Crippen LogP contribution in [0.3, 0.4) is 0 Å². The number of primary amides is 1. The van der Waals surface area contributed by atoms with Crippen LogP contribution in [-0.4, -0.2) is 40.3 Å². The summed E-state index contributed by atoms with van der Waals surface area (Å²) in [5, 5.41) is 11.6. The van der Waals surface area contributed by atoms with Crippen molar-refractivity contribution in [3.8, 4) is 0 Å². The van der Waals surface area contributed by atoms with Gasteiger partial charge in [0, 0.05) is 31.1 Å². The van der Waals surface area contributed by atoms with Gasteiger partial charge in [0.15, 0.2) is 0 Å².